The smallest absolute Gasteiger partial charge is 0.273 e. The van der Waals surface area contributed by atoms with Crippen LogP contribution in [-0.4, -0.2) is 11.8 Å². The van der Waals surface area contributed by atoms with E-state index in [2.05, 4.69) is 10.9 Å². The van der Waals surface area contributed by atoms with Crippen molar-refractivity contribution in [1.82, 2.24) is 10.9 Å². The van der Waals surface area contributed by atoms with E-state index in [1.54, 1.807) is 0 Å². The van der Waals surface area contributed by atoms with Crippen LogP contribution in [0.2, 0.25) is 5.02 Å². The Morgan fingerprint density at radius 2 is 1.72 bits per heavy atom. The van der Waals surface area contributed by atoms with E-state index in [9.17, 15) is 9.59 Å². The third-order valence-electron chi connectivity index (χ3n) is 4.40. The molecule has 3 aromatic rings. The van der Waals surface area contributed by atoms with Crippen LogP contribution in [0.5, 0.6) is 0 Å². The third kappa shape index (κ3) is 3.13. The van der Waals surface area contributed by atoms with Crippen molar-refractivity contribution in [2.45, 2.75) is 12.3 Å². The van der Waals surface area contributed by atoms with E-state index in [0.717, 1.165) is 22.1 Å². The number of thiophene rings is 1. The molecule has 1 saturated carbocycles. The predicted octanol–water partition coefficient (Wildman–Crippen LogP) is 4.12. The number of hydrogen-bond acceptors (Lipinski definition) is 3. The molecular weight excluding hydrogens is 356 g/mol. The number of nitrogens with one attached hydrogen (secondary N) is 2. The molecule has 25 heavy (non-hydrogen) atoms. The first-order chi connectivity index (χ1) is 12.1. The van der Waals surface area contributed by atoms with Crippen molar-refractivity contribution in [3.8, 4) is 0 Å². The van der Waals surface area contributed by atoms with Gasteiger partial charge in [-0.15, -0.1) is 11.3 Å². The topological polar surface area (TPSA) is 58.2 Å². The summed E-state index contributed by atoms with van der Waals surface area (Å²) in [6, 6.07) is 17.5. The summed E-state index contributed by atoms with van der Waals surface area (Å²) in [4.78, 5) is 25.0. The van der Waals surface area contributed by atoms with Gasteiger partial charge >= 0.3 is 0 Å². The molecule has 2 N–H and O–H groups in total. The van der Waals surface area contributed by atoms with E-state index in [-0.39, 0.29) is 17.7 Å². The van der Waals surface area contributed by atoms with E-state index in [4.69, 9.17) is 11.6 Å². The number of fused-ring (bicyclic) bond motifs is 1. The summed E-state index contributed by atoms with van der Waals surface area (Å²) in [5.41, 5.74) is 6.16. The predicted molar refractivity (Wildman–Crippen MR) is 99.7 cm³/mol. The largest absolute Gasteiger partial charge is 0.281 e. The summed E-state index contributed by atoms with van der Waals surface area (Å²) in [5, 5.41) is 1.26. The molecule has 0 saturated heterocycles. The Bertz CT molecular complexity index is 954. The molecule has 0 bridgehead atoms. The maximum atomic E-state index is 12.3. The summed E-state index contributed by atoms with van der Waals surface area (Å²) >= 11 is 7.59. The van der Waals surface area contributed by atoms with Crippen molar-refractivity contribution in [2.24, 2.45) is 5.92 Å². The first kappa shape index (κ1) is 16.1. The van der Waals surface area contributed by atoms with Crippen LogP contribution in [0.3, 0.4) is 0 Å². The second-order valence-corrected chi connectivity index (χ2v) is 7.47. The van der Waals surface area contributed by atoms with Gasteiger partial charge in [-0.05, 0) is 24.0 Å². The molecule has 6 heteroatoms. The number of carbonyl (C=O) groups is 2. The van der Waals surface area contributed by atoms with Crippen molar-refractivity contribution in [2.75, 3.05) is 0 Å². The summed E-state index contributed by atoms with van der Waals surface area (Å²) in [7, 11) is 0. The highest BCUT2D eigenvalue weighted by molar-refractivity contribution is 7.21. The molecule has 1 aliphatic rings. The van der Waals surface area contributed by atoms with Crippen molar-refractivity contribution in [3.63, 3.8) is 0 Å². The molecule has 1 heterocycles. The van der Waals surface area contributed by atoms with Gasteiger partial charge in [-0.1, -0.05) is 60.1 Å². The van der Waals surface area contributed by atoms with Crippen LogP contribution in [0, 0.1) is 5.92 Å². The zero-order valence-electron chi connectivity index (χ0n) is 13.2. The first-order valence-corrected chi connectivity index (χ1v) is 9.17. The quantitative estimate of drug-likeness (QED) is 0.681. The Kier molecular flexibility index (Phi) is 4.19. The summed E-state index contributed by atoms with van der Waals surface area (Å²) in [5.74, 6) is -0.428. The Balaban J connectivity index is 1.39. The molecule has 4 nitrogen and oxygen atoms in total. The minimum atomic E-state index is -0.392. The van der Waals surface area contributed by atoms with E-state index in [1.165, 1.54) is 11.3 Å². The highest BCUT2D eigenvalue weighted by atomic mass is 35.5. The van der Waals surface area contributed by atoms with Gasteiger partial charge in [0.25, 0.3) is 5.91 Å². The van der Waals surface area contributed by atoms with Gasteiger partial charge in [0, 0.05) is 16.0 Å². The van der Waals surface area contributed by atoms with Crippen molar-refractivity contribution in [3.05, 3.63) is 70.1 Å². The lowest BCUT2D eigenvalue weighted by molar-refractivity contribution is -0.123. The van der Waals surface area contributed by atoms with E-state index >= 15 is 0 Å². The molecule has 126 valence electrons. The number of halogens is 1. The van der Waals surface area contributed by atoms with Gasteiger partial charge in [0.2, 0.25) is 5.91 Å². The van der Waals surface area contributed by atoms with E-state index < -0.39 is 5.91 Å². The standard InChI is InChI=1S/C19H15ClN2O2S/c20-16-12-8-4-5-9-15(12)25-17(16)19(24)22-21-18(23)14-10-13(14)11-6-2-1-3-7-11/h1-9,13-14H,10H2,(H,21,23)(H,22,24)/t13-,14+/m0/s1. The molecule has 1 fully saturated rings. The van der Waals surface area contributed by atoms with Crippen molar-refractivity contribution in [1.29, 1.82) is 0 Å². The van der Waals surface area contributed by atoms with Gasteiger partial charge in [-0.2, -0.15) is 0 Å². The van der Waals surface area contributed by atoms with Crippen LogP contribution in [0.1, 0.15) is 27.6 Å². The van der Waals surface area contributed by atoms with Crippen LogP contribution in [-0.2, 0) is 4.79 Å². The van der Waals surface area contributed by atoms with Crippen LogP contribution in [0.4, 0.5) is 0 Å². The molecule has 1 aliphatic carbocycles. The minimum absolute atomic E-state index is 0.0967. The molecule has 0 radical (unpaired) electrons. The maximum Gasteiger partial charge on any atom is 0.281 e. The zero-order chi connectivity index (χ0) is 17.4. The average Bonchev–Trinajstić information content (AvgIpc) is 3.39. The van der Waals surface area contributed by atoms with Gasteiger partial charge in [-0.25, -0.2) is 0 Å². The molecule has 1 aromatic heterocycles. The van der Waals surface area contributed by atoms with Crippen molar-refractivity contribution >= 4 is 44.8 Å². The fourth-order valence-electron chi connectivity index (χ4n) is 2.98. The highest BCUT2D eigenvalue weighted by Gasteiger charge is 2.44. The second kappa shape index (κ2) is 6.50. The molecule has 0 aliphatic heterocycles. The molecule has 2 atom stereocenters. The van der Waals surface area contributed by atoms with Gasteiger partial charge in [-0.3, -0.25) is 20.4 Å². The Hall–Kier alpha value is -2.37. The number of hydrazine groups is 1. The molecule has 4 rings (SSSR count). The fraction of sp³-hybridized carbons (Fsp3) is 0.158. The highest BCUT2D eigenvalue weighted by Crippen LogP contribution is 2.47. The van der Waals surface area contributed by atoms with Gasteiger partial charge < -0.3 is 0 Å². The number of amides is 2. The molecule has 2 amide bonds. The summed E-state index contributed by atoms with van der Waals surface area (Å²) < 4.78 is 0.940. The first-order valence-electron chi connectivity index (χ1n) is 7.97. The summed E-state index contributed by atoms with van der Waals surface area (Å²) in [6.07, 6.45) is 0.801. The van der Waals surface area contributed by atoms with Crippen molar-refractivity contribution < 1.29 is 9.59 Å². The molecular formula is C19H15ClN2O2S. The number of rotatable bonds is 3. The minimum Gasteiger partial charge on any atom is -0.273 e. The lowest BCUT2D eigenvalue weighted by Gasteiger charge is -2.06. The lowest BCUT2D eigenvalue weighted by atomic mass is 10.1. The Morgan fingerprint density at radius 1 is 1.00 bits per heavy atom. The second-order valence-electron chi connectivity index (χ2n) is 6.04. The van der Waals surface area contributed by atoms with Gasteiger partial charge in [0.05, 0.1) is 5.02 Å². The zero-order valence-corrected chi connectivity index (χ0v) is 14.7. The maximum absolute atomic E-state index is 12.3. The average molecular weight is 371 g/mol. The van der Waals surface area contributed by atoms with E-state index in [0.29, 0.717) is 9.90 Å². The monoisotopic (exact) mass is 370 g/mol. The fourth-order valence-corrected chi connectivity index (χ4v) is 4.39. The van der Waals surface area contributed by atoms with Crippen LogP contribution < -0.4 is 10.9 Å². The number of carbonyl (C=O) groups excluding carboxylic acids is 2. The van der Waals surface area contributed by atoms with Gasteiger partial charge in [0.15, 0.2) is 0 Å². The van der Waals surface area contributed by atoms with Crippen LogP contribution in [0.25, 0.3) is 10.1 Å². The molecule has 2 aromatic carbocycles. The van der Waals surface area contributed by atoms with Crippen LogP contribution >= 0.6 is 22.9 Å². The van der Waals surface area contributed by atoms with Gasteiger partial charge in [0.1, 0.15) is 4.88 Å². The molecule has 0 spiro atoms. The normalized spacial score (nSPS) is 18.8. The summed E-state index contributed by atoms with van der Waals surface area (Å²) in [6.45, 7) is 0. The number of hydrogen-bond donors (Lipinski definition) is 2. The molecule has 0 unspecified atom stereocenters. The van der Waals surface area contributed by atoms with E-state index in [1.807, 2.05) is 54.6 Å². The van der Waals surface area contributed by atoms with Crippen LogP contribution in [0.15, 0.2) is 54.6 Å². The Morgan fingerprint density at radius 3 is 2.48 bits per heavy atom. The SMILES string of the molecule is O=C(NNC(=O)[C@@H]1C[C@H]1c1ccccc1)c1sc2ccccc2c1Cl. The Labute approximate surface area is 153 Å². The lowest BCUT2D eigenvalue weighted by Crippen LogP contribution is -2.42. The third-order valence-corrected chi connectivity index (χ3v) is 6.07. The number of benzene rings is 2.